The number of rotatable bonds is 4. The quantitative estimate of drug-likeness (QED) is 0.895. The predicted octanol–water partition coefficient (Wildman–Crippen LogP) is 3.67. The van der Waals surface area contributed by atoms with E-state index in [4.69, 9.17) is 9.47 Å². The minimum Gasteiger partial charge on any atom is -0.487 e. The van der Waals surface area contributed by atoms with Crippen molar-refractivity contribution in [2.24, 2.45) is 0 Å². The molecule has 4 nitrogen and oxygen atoms in total. The Bertz CT molecular complexity index is 847. The Morgan fingerprint density at radius 1 is 1.22 bits per heavy atom. The van der Waals surface area contributed by atoms with Crippen molar-refractivity contribution >= 4 is 5.91 Å². The third-order valence-electron chi connectivity index (χ3n) is 5.32. The van der Waals surface area contributed by atoms with E-state index >= 15 is 0 Å². The molecule has 1 unspecified atom stereocenters. The SMILES string of the molecule is CC1(Cc2ccccc2F)Cc2cc(C(=O)NC3CCOCC3)ccc2O1. The minimum absolute atomic E-state index is 0.0626. The van der Waals surface area contributed by atoms with Gasteiger partial charge in [0.1, 0.15) is 17.2 Å². The number of fused-ring (bicyclic) bond motifs is 1. The summed E-state index contributed by atoms with van der Waals surface area (Å²) in [7, 11) is 0. The predicted molar refractivity (Wildman–Crippen MR) is 101 cm³/mol. The summed E-state index contributed by atoms with van der Waals surface area (Å²) < 4.78 is 25.5. The van der Waals surface area contributed by atoms with Gasteiger partial charge in [0.05, 0.1) is 0 Å². The molecule has 1 fully saturated rings. The second-order valence-electron chi connectivity index (χ2n) is 7.68. The summed E-state index contributed by atoms with van der Waals surface area (Å²) in [4.78, 5) is 12.6. The van der Waals surface area contributed by atoms with E-state index in [9.17, 15) is 9.18 Å². The molecule has 0 bridgehead atoms. The summed E-state index contributed by atoms with van der Waals surface area (Å²) in [5.74, 6) is 0.499. The molecule has 1 N–H and O–H groups in total. The highest BCUT2D eigenvalue weighted by Gasteiger charge is 2.36. The third kappa shape index (κ3) is 3.98. The van der Waals surface area contributed by atoms with Crippen molar-refractivity contribution in [3.63, 3.8) is 0 Å². The van der Waals surface area contributed by atoms with Gasteiger partial charge in [-0.1, -0.05) is 18.2 Å². The number of benzene rings is 2. The summed E-state index contributed by atoms with van der Waals surface area (Å²) in [6.07, 6.45) is 2.83. The topological polar surface area (TPSA) is 47.6 Å². The first-order chi connectivity index (χ1) is 13.0. The van der Waals surface area contributed by atoms with Crippen LogP contribution in [0, 0.1) is 5.82 Å². The van der Waals surface area contributed by atoms with E-state index in [0.29, 0.717) is 37.2 Å². The van der Waals surface area contributed by atoms with Gasteiger partial charge in [-0.15, -0.1) is 0 Å². The first kappa shape index (κ1) is 18.0. The van der Waals surface area contributed by atoms with Gasteiger partial charge in [0.15, 0.2) is 0 Å². The van der Waals surface area contributed by atoms with E-state index in [-0.39, 0.29) is 17.8 Å². The molecule has 0 radical (unpaired) electrons. The molecule has 4 rings (SSSR count). The number of carbonyl (C=O) groups excluding carboxylic acids is 1. The van der Waals surface area contributed by atoms with Gasteiger partial charge in [-0.25, -0.2) is 4.39 Å². The minimum atomic E-state index is -0.514. The Balaban J connectivity index is 1.46. The molecule has 5 heteroatoms. The summed E-state index contributed by atoms with van der Waals surface area (Å²) in [5, 5.41) is 3.09. The van der Waals surface area contributed by atoms with Crippen LogP contribution in [-0.2, 0) is 17.6 Å². The molecule has 0 aromatic heterocycles. The zero-order chi connectivity index (χ0) is 18.9. The van der Waals surface area contributed by atoms with Crippen LogP contribution in [0.5, 0.6) is 5.75 Å². The molecule has 2 aromatic carbocycles. The smallest absolute Gasteiger partial charge is 0.251 e. The Kier molecular flexibility index (Phi) is 4.87. The standard InChI is InChI=1S/C22H24FNO3/c1-22(13-16-4-2-3-5-19(16)23)14-17-12-15(6-7-20(17)27-22)21(25)24-18-8-10-26-11-9-18/h2-7,12,18H,8-11,13-14H2,1H3,(H,24,25). The summed E-state index contributed by atoms with van der Waals surface area (Å²) in [6.45, 7) is 3.37. The number of ether oxygens (including phenoxy) is 2. The van der Waals surface area contributed by atoms with E-state index in [1.807, 2.05) is 25.1 Å². The van der Waals surface area contributed by atoms with Crippen molar-refractivity contribution in [1.29, 1.82) is 0 Å². The molecular formula is C22H24FNO3. The molecule has 0 spiro atoms. The molecule has 142 valence electrons. The van der Waals surface area contributed by atoms with Gasteiger partial charge in [0, 0.05) is 37.7 Å². The van der Waals surface area contributed by atoms with Crippen LogP contribution in [0.3, 0.4) is 0 Å². The lowest BCUT2D eigenvalue weighted by molar-refractivity contribution is 0.0696. The third-order valence-corrected chi connectivity index (χ3v) is 5.32. The van der Waals surface area contributed by atoms with Crippen molar-refractivity contribution in [2.75, 3.05) is 13.2 Å². The van der Waals surface area contributed by atoms with E-state index in [2.05, 4.69) is 5.32 Å². The fourth-order valence-electron chi connectivity index (χ4n) is 3.92. The average Bonchev–Trinajstić information content (AvgIpc) is 2.99. The maximum Gasteiger partial charge on any atom is 0.251 e. The highest BCUT2D eigenvalue weighted by Crippen LogP contribution is 2.37. The Hall–Kier alpha value is -2.40. The number of hydrogen-bond donors (Lipinski definition) is 1. The van der Waals surface area contributed by atoms with Crippen LogP contribution < -0.4 is 10.1 Å². The molecule has 0 saturated carbocycles. The largest absolute Gasteiger partial charge is 0.487 e. The van der Waals surface area contributed by atoms with Crippen LogP contribution in [0.15, 0.2) is 42.5 Å². The van der Waals surface area contributed by atoms with Crippen molar-refractivity contribution in [3.8, 4) is 5.75 Å². The number of amides is 1. The number of hydrogen-bond acceptors (Lipinski definition) is 3. The lowest BCUT2D eigenvalue weighted by atomic mass is 9.91. The van der Waals surface area contributed by atoms with Gasteiger partial charge in [-0.2, -0.15) is 0 Å². The fourth-order valence-corrected chi connectivity index (χ4v) is 3.92. The average molecular weight is 369 g/mol. The molecule has 2 aromatic rings. The van der Waals surface area contributed by atoms with Crippen LogP contribution in [0.25, 0.3) is 0 Å². The molecule has 2 aliphatic rings. The molecular weight excluding hydrogens is 345 g/mol. The second-order valence-corrected chi connectivity index (χ2v) is 7.68. The monoisotopic (exact) mass is 369 g/mol. The van der Waals surface area contributed by atoms with Gasteiger partial charge < -0.3 is 14.8 Å². The van der Waals surface area contributed by atoms with E-state index in [1.165, 1.54) is 6.07 Å². The van der Waals surface area contributed by atoms with Crippen LogP contribution in [0.1, 0.15) is 41.3 Å². The highest BCUT2D eigenvalue weighted by atomic mass is 19.1. The van der Waals surface area contributed by atoms with Gasteiger partial charge in [-0.05, 0) is 55.2 Å². The maximum atomic E-state index is 14.0. The number of nitrogens with one attached hydrogen (secondary N) is 1. The van der Waals surface area contributed by atoms with E-state index in [0.717, 1.165) is 24.2 Å². The van der Waals surface area contributed by atoms with E-state index in [1.54, 1.807) is 18.2 Å². The molecule has 2 aliphatic heterocycles. The second kappa shape index (κ2) is 7.31. The van der Waals surface area contributed by atoms with Crippen LogP contribution in [-0.4, -0.2) is 30.8 Å². The lowest BCUT2D eigenvalue weighted by Crippen LogP contribution is -2.38. The highest BCUT2D eigenvalue weighted by molar-refractivity contribution is 5.94. The molecule has 0 aliphatic carbocycles. The maximum absolute atomic E-state index is 14.0. The van der Waals surface area contributed by atoms with Crippen molar-refractivity contribution in [3.05, 3.63) is 65.0 Å². The molecule has 2 heterocycles. The number of carbonyl (C=O) groups is 1. The first-order valence-electron chi connectivity index (χ1n) is 9.46. The van der Waals surface area contributed by atoms with Gasteiger partial charge in [-0.3, -0.25) is 4.79 Å². The molecule has 1 atom stereocenters. The summed E-state index contributed by atoms with van der Waals surface area (Å²) >= 11 is 0. The summed E-state index contributed by atoms with van der Waals surface area (Å²) in [5.41, 5.74) is 1.76. The molecule has 1 saturated heterocycles. The van der Waals surface area contributed by atoms with Crippen LogP contribution in [0.2, 0.25) is 0 Å². The van der Waals surface area contributed by atoms with Crippen molar-refractivity contribution in [2.45, 2.75) is 44.2 Å². The Morgan fingerprint density at radius 2 is 2.00 bits per heavy atom. The van der Waals surface area contributed by atoms with Crippen molar-refractivity contribution in [1.82, 2.24) is 5.32 Å². The van der Waals surface area contributed by atoms with Crippen LogP contribution >= 0.6 is 0 Å². The zero-order valence-corrected chi connectivity index (χ0v) is 15.5. The van der Waals surface area contributed by atoms with Gasteiger partial charge in [0.25, 0.3) is 5.91 Å². The van der Waals surface area contributed by atoms with Gasteiger partial charge >= 0.3 is 0 Å². The molecule has 27 heavy (non-hydrogen) atoms. The zero-order valence-electron chi connectivity index (χ0n) is 15.5. The summed E-state index contributed by atoms with van der Waals surface area (Å²) in [6, 6.07) is 12.5. The van der Waals surface area contributed by atoms with Gasteiger partial charge in [0.2, 0.25) is 0 Å². The number of halogens is 1. The Morgan fingerprint density at radius 3 is 2.78 bits per heavy atom. The van der Waals surface area contributed by atoms with Crippen molar-refractivity contribution < 1.29 is 18.7 Å². The molecule has 1 amide bonds. The lowest BCUT2D eigenvalue weighted by Gasteiger charge is -2.24. The fraction of sp³-hybridized carbons (Fsp3) is 0.409. The van der Waals surface area contributed by atoms with Crippen LogP contribution in [0.4, 0.5) is 4.39 Å². The van der Waals surface area contributed by atoms with E-state index < -0.39 is 5.60 Å². The normalized spacial score (nSPS) is 22.1. The Labute approximate surface area is 158 Å². The first-order valence-corrected chi connectivity index (χ1v) is 9.46.